The van der Waals surface area contributed by atoms with Gasteiger partial charge in [0.1, 0.15) is 11.6 Å². The van der Waals surface area contributed by atoms with Crippen molar-refractivity contribution in [3.63, 3.8) is 0 Å². The van der Waals surface area contributed by atoms with Gasteiger partial charge in [-0.3, -0.25) is 14.9 Å². The number of carbonyl (C=O) groups is 3. The molecule has 150 valence electrons. The minimum absolute atomic E-state index is 0.113. The molecule has 1 rings (SSSR count). The topological polar surface area (TPSA) is 137 Å². The Bertz CT molecular complexity index is 696. The van der Waals surface area contributed by atoms with Crippen LogP contribution in [0.25, 0.3) is 0 Å². The highest BCUT2D eigenvalue weighted by Gasteiger charge is 2.24. The number of ether oxygens (including phenoxy) is 2. The molecule has 0 aliphatic heterocycles. The first kappa shape index (κ1) is 22.4. The molecule has 2 N–H and O–H groups in total. The largest absolute Gasteiger partial charge is 0.467 e. The van der Waals surface area contributed by atoms with Gasteiger partial charge in [-0.1, -0.05) is 11.3 Å². The van der Waals surface area contributed by atoms with Crippen LogP contribution in [0.1, 0.15) is 43.3 Å². The van der Waals surface area contributed by atoms with Crippen LogP contribution in [-0.2, 0) is 14.3 Å². The second-order valence-corrected chi connectivity index (χ2v) is 7.58. The number of thiophene rings is 1. The van der Waals surface area contributed by atoms with Crippen molar-refractivity contribution in [2.45, 2.75) is 45.3 Å². The third-order valence-corrected chi connectivity index (χ3v) is 4.16. The molecule has 0 aliphatic carbocycles. The molecule has 2 amide bonds. The molecule has 10 nitrogen and oxygen atoms in total. The van der Waals surface area contributed by atoms with Gasteiger partial charge in [-0.15, -0.1) is 0 Å². The second-order valence-electron chi connectivity index (χ2n) is 6.52. The highest BCUT2D eigenvalue weighted by Crippen LogP contribution is 2.23. The van der Waals surface area contributed by atoms with Gasteiger partial charge in [0.15, 0.2) is 0 Å². The molecule has 1 aromatic rings. The Morgan fingerprint density at radius 1 is 1.30 bits per heavy atom. The van der Waals surface area contributed by atoms with E-state index in [9.17, 15) is 24.5 Å². The molecule has 0 radical (unpaired) electrons. The fourth-order valence-corrected chi connectivity index (χ4v) is 2.70. The van der Waals surface area contributed by atoms with Crippen LogP contribution in [0.3, 0.4) is 0 Å². The van der Waals surface area contributed by atoms with E-state index in [1.165, 1.54) is 19.2 Å². The Hall–Kier alpha value is -2.69. The molecule has 0 aromatic carbocycles. The number of alkyl carbamates (subject to hydrolysis) is 1. The van der Waals surface area contributed by atoms with E-state index in [0.717, 1.165) is 0 Å². The number of carbonyl (C=O) groups excluding carboxylic acids is 3. The molecule has 0 aliphatic rings. The summed E-state index contributed by atoms with van der Waals surface area (Å²) < 4.78 is 9.76. The average Bonchev–Trinajstić information content (AvgIpc) is 3.05. The molecule has 0 bridgehead atoms. The summed E-state index contributed by atoms with van der Waals surface area (Å²) in [5.41, 5.74) is -0.615. The summed E-state index contributed by atoms with van der Waals surface area (Å²) in [5, 5.41) is 15.6. The normalized spacial score (nSPS) is 12.0. The summed E-state index contributed by atoms with van der Waals surface area (Å²) >= 11 is 0.711. The molecule has 11 heteroatoms. The lowest BCUT2D eigenvalue weighted by Gasteiger charge is -2.20. The quantitative estimate of drug-likeness (QED) is 0.295. The molecular formula is C16H23N3O7S. The summed E-state index contributed by atoms with van der Waals surface area (Å²) in [6.45, 7) is 5.46. The van der Waals surface area contributed by atoms with E-state index in [1.807, 2.05) is 0 Å². The van der Waals surface area contributed by atoms with E-state index < -0.39 is 34.5 Å². The Balaban J connectivity index is 2.55. The number of nitrogens with one attached hydrogen (secondary N) is 2. The zero-order chi connectivity index (χ0) is 20.6. The van der Waals surface area contributed by atoms with E-state index >= 15 is 0 Å². The lowest BCUT2D eigenvalue weighted by Crippen LogP contribution is -2.42. The number of nitro groups is 1. The third-order valence-electron chi connectivity index (χ3n) is 3.12. The molecule has 0 saturated heterocycles. The van der Waals surface area contributed by atoms with E-state index in [4.69, 9.17) is 4.74 Å². The van der Waals surface area contributed by atoms with E-state index in [0.29, 0.717) is 17.8 Å². The number of hydrogen-bond acceptors (Lipinski definition) is 8. The summed E-state index contributed by atoms with van der Waals surface area (Å²) in [4.78, 5) is 45.8. The maximum Gasteiger partial charge on any atom is 0.407 e. The van der Waals surface area contributed by atoms with Gasteiger partial charge in [0.2, 0.25) is 0 Å². The Morgan fingerprint density at radius 3 is 2.48 bits per heavy atom. The Morgan fingerprint density at radius 2 is 1.96 bits per heavy atom. The number of rotatable bonds is 8. The van der Waals surface area contributed by atoms with Crippen LogP contribution in [-0.4, -0.2) is 48.2 Å². The van der Waals surface area contributed by atoms with Gasteiger partial charge in [0, 0.05) is 12.6 Å². The first-order valence-electron chi connectivity index (χ1n) is 8.13. The van der Waals surface area contributed by atoms with Crippen LogP contribution in [0.4, 0.5) is 9.80 Å². The molecule has 0 unspecified atom stereocenters. The smallest absolute Gasteiger partial charge is 0.407 e. The van der Waals surface area contributed by atoms with Crippen molar-refractivity contribution in [1.82, 2.24) is 10.6 Å². The van der Waals surface area contributed by atoms with Gasteiger partial charge in [0.25, 0.3) is 5.91 Å². The lowest BCUT2D eigenvalue weighted by molar-refractivity contribution is -0.380. The average molecular weight is 401 g/mol. The first-order chi connectivity index (χ1) is 12.5. The van der Waals surface area contributed by atoms with Crippen molar-refractivity contribution in [2.24, 2.45) is 0 Å². The third kappa shape index (κ3) is 8.03. The van der Waals surface area contributed by atoms with E-state index in [2.05, 4.69) is 15.4 Å². The Labute approximate surface area is 160 Å². The fraction of sp³-hybridized carbons (Fsp3) is 0.562. The standard InChI is InChI=1S/C16H23N3O7S/c1-16(2,3)26-15(22)17-9-5-6-10(14(21)25-4)18-13(20)11-7-8-12(27-11)19(23)24/h7-8,10H,5-6,9H2,1-4H3,(H,17,22)(H,18,20)/t10-/m0/s1. The SMILES string of the molecule is COC(=O)[C@H](CCCNC(=O)OC(C)(C)C)NC(=O)c1ccc([N+](=O)[O-])s1. The second kappa shape index (κ2) is 9.86. The molecule has 1 heterocycles. The van der Waals surface area contributed by atoms with Crippen molar-refractivity contribution >= 4 is 34.3 Å². The fourth-order valence-electron chi connectivity index (χ4n) is 1.98. The molecule has 0 spiro atoms. The maximum atomic E-state index is 12.2. The van der Waals surface area contributed by atoms with E-state index in [-0.39, 0.29) is 22.8 Å². The zero-order valence-corrected chi connectivity index (χ0v) is 16.4. The van der Waals surface area contributed by atoms with Crippen LogP contribution in [0.15, 0.2) is 12.1 Å². The van der Waals surface area contributed by atoms with Crippen molar-refractivity contribution in [2.75, 3.05) is 13.7 Å². The van der Waals surface area contributed by atoms with Crippen molar-refractivity contribution < 1.29 is 28.8 Å². The molecule has 0 fully saturated rings. The monoisotopic (exact) mass is 401 g/mol. The van der Waals surface area contributed by atoms with Gasteiger partial charge in [-0.25, -0.2) is 9.59 Å². The summed E-state index contributed by atoms with van der Waals surface area (Å²) in [6, 6.07) is 1.60. The Kier molecular flexibility index (Phi) is 8.16. The maximum absolute atomic E-state index is 12.2. The first-order valence-corrected chi connectivity index (χ1v) is 8.95. The minimum atomic E-state index is -0.941. The van der Waals surface area contributed by atoms with Crippen molar-refractivity contribution in [1.29, 1.82) is 0 Å². The minimum Gasteiger partial charge on any atom is -0.467 e. The summed E-state index contributed by atoms with van der Waals surface area (Å²) in [7, 11) is 1.19. The lowest BCUT2D eigenvalue weighted by atomic mass is 10.1. The van der Waals surface area contributed by atoms with Crippen LogP contribution < -0.4 is 10.6 Å². The molecule has 1 aromatic heterocycles. The van der Waals surface area contributed by atoms with Crippen LogP contribution in [0.5, 0.6) is 0 Å². The van der Waals surface area contributed by atoms with E-state index in [1.54, 1.807) is 20.8 Å². The van der Waals surface area contributed by atoms with Crippen LogP contribution in [0, 0.1) is 10.1 Å². The number of amides is 2. The van der Waals surface area contributed by atoms with Gasteiger partial charge in [-0.2, -0.15) is 0 Å². The van der Waals surface area contributed by atoms with Crippen LogP contribution >= 0.6 is 11.3 Å². The number of esters is 1. The molecule has 1 atom stereocenters. The predicted molar refractivity (Wildman–Crippen MR) is 97.7 cm³/mol. The van der Waals surface area contributed by atoms with Crippen molar-refractivity contribution in [3.05, 3.63) is 27.1 Å². The predicted octanol–water partition coefficient (Wildman–Crippen LogP) is 2.23. The summed E-state index contributed by atoms with van der Waals surface area (Å²) in [5.74, 6) is -1.25. The van der Waals surface area contributed by atoms with Gasteiger partial charge in [0.05, 0.1) is 16.9 Å². The zero-order valence-electron chi connectivity index (χ0n) is 15.6. The summed E-state index contributed by atoms with van der Waals surface area (Å²) in [6.07, 6.45) is 0.0120. The van der Waals surface area contributed by atoms with Crippen molar-refractivity contribution in [3.8, 4) is 0 Å². The molecular weight excluding hydrogens is 378 g/mol. The number of methoxy groups -OCH3 is 1. The molecule has 0 saturated carbocycles. The van der Waals surface area contributed by atoms with Gasteiger partial charge < -0.3 is 20.1 Å². The number of nitrogens with zero attached hydrogens (tertiary/aromatic N) is 1. The highest BCUT2D eigenvalue weighted by atomic mass is 32.1. The highest BCUT2D eigenvalue weighted by molar-refractivity contribution is 7.17. The van der Waals surface area contributed by atoms with Crippen LogP contribution in [0.2, 0.25) is 0 Å². The van der Waals surface area contributed by atoms with Gasteiger partial charge in [-0.05, 0) is 39.7 Å². The van der Waals surface area contributed by atoms with Gasteiger partial charge >= 0.3 is 17.1 Å². The molecule has 27 heavy (non-hydrogen) atoms. The number of hydrogen-bond donors (Lipinski definition) is 2.